The molecule has 0 aromatic rings. The lowest BCUT2D eigenvalue weighted by Gasteiger charge is -2.28. The van der Waals surface area contributed by atoms with E-state index in [0.717, 1.165) is 70.6 Å². The number of unbranched alkanes of at least 4 members (excludes halogenated alkanes) is 20. The Labute approximate surface area is 364 Å². The van der Waals surface area contributed by atoms with E-state index in [1.165, 1.54) is 103 Å². The van der Waals surface area contributed by atoms with Gasteiger partial charge in [-0.15, -0.1) is 0 Å². The molecule has 0 saturated carbocycles. The molecule has 0 aromatic carbocycles. The van der Waals surface area contributed by atoms with Gasteiger partial charge in [0, 0.05) is 13.0 Å². The van der Waals surface area contributed by atoms with Gasteiger partial charge >= 0.3 is 5.97 Å². The normalized spacial score (nSPS) is 14.2. The molecule has 0 aliphatic carbocycles. The van der Waals surface area contributed by atoms with Gasteiger partial charge in [0.1, 0.15) is 19.3 Å². The van der Waals surface area contributed by atoms with E-state index in [2.05, 4.69) is 74.6 Å². The largest absolute Gasteiger partial charge is 0.756 e. The summed E-state index contributed by atoms with van der Waals surface area (Å²) in [7, 11) is 1.34. The predicted molar refractivity (Wildman–Crippen MR) is 249 cm³/mol. The van der Waals surface area contributed by atoms with Gasteiger partial charge in [-0.05, 0) is 77.0 Å². The first-order valence-corrected chi connectivity index (χ1v) is 25.5. The minimum absolute atomic E-state index is 0.0207. The summed E-state index contributed by atoms with van der Waals surface area (Å²) in [6, 6.07) is 0. The summed E-state index contributed by atoms with van der Waals surface area (Å²) in [5.41, 5.74) is 0. The van der Waals surface area contributed by atoms with Crippen molar-refractivity contribution in [2.75, 3.05) is 54.1 Å². The van der Waals surface area contributed by atoms with E-state index >= 15 is 0 Å². The van der Waals surface area contributed by atoms with Gasteiger partial charge in [0.15, 0.2) is 0 Å². The van der Waals surface area contributed by atoms with Gasteiger partial charge in [-0.3, -0.25) is 9.36 Å². The maximum atomic E-state index is 12.7. The monoisotopic (exact) mass is 850 g/mol. The second kappa shape index (κ2) is 42.9. The number of phosphoric ester groups is 1. The molecule has 9 heteroatoms. The fourth-order valence-electron chi connectivity index (χ4n) is 6.36. The number of likely N-dealkylation sites (N-methyl/N-ethyl adjacent to an activating group) is 1. The highest BCUT2D eigenvalue weighted by Gasteiger charge is 2.20. The molecule has 0 fully saturated rings. The maximum Gasteiger partial charge on any atom is 0.306 e. The van der Waals surface area contributed by atoms with Gasteiger partial charge in [-0.2, -0.15) is 0 Å². The van der Waals surface area contributed by atoms with Crippen LogP contribution < -0.4 is 4.89 Å². The minimum atomic E-state index is -4.53. The number of allylic oxidation sites excluding steroid dienone is 10. The Morgan fingerprint density at radius 3 is 1.49 bits per heavy atom. The van der Waals surface area contributed by atoms with Crippen molar-refractivity contribution >= 4 is 13.8 Å². The molecule has 0 heterocycles. The van der Waals surface area contributed by atoms with E-state index in [4.69, 9.17) is 18.5 Å². The van der Waals surface area contributed by atoms with Gasteiger partial charge in [0.05, 0.1) is 34.4 Å². The lowest BCUT2D eigenvalue weighted by molar-refractivity contribution is -0.870. The first-order chi connectivity index (χ1) is 28.6. The number of nitrogens with zero attached hydrogens (tertiary/aromatic N) is 1. The highest BCUT2D eigenvalue weighted by Crippen LogP contribution is 2.38. The third-order valence-corrected chi connectivity index (χ3v) is 11.0. The van der Waals surface area contributed by atoms with Crippen molar-refractivity contribution in [1.82, 2.24) is 0 Å². The number of phosphoric acid groups is 1. The molecule has 0 rings (SSSR count). The van der Waals surface area contributed by atoms with Crippen molar-refractivity contribution in [3.05, 3.63) is 60.8 Å². The van der Waals surface area contributed by atoms with Crippen LogP contribution in [0.4, 0.5) is 0 Å². The van der Waals surface area contributed by atoms with Crippen LogP contribution in [-0.4, -0.2) is 70.7 Å². The zero-order valence-electron chi connectivity index (χ0n) is 38.9. The van der Waals surface area contributed by atoms with Crippen LogP contribution in [0.15, 0.2) is 60.8 Å². The van der Waals surface area contributed by atoms with Crippen LogP contribution in [0.5, 0.6) is 0 Å². The van der Waals surface area contributed by atoms with E-state index in [1.54, 1.807) is 0 Å². The lowest BCUT2D eigenvalue weighted by Crippen LogP contribution is -2.37. The molecule has 2 unspecified atom stereocenters. The predicted octanol–water partition coefficient (Wildman–Crippen LogP) is 13.9. The number of carbonyl (C=O) groups is 1. The van der Waals surface area contributed by atoms with Crippen LogP contribution in [0, 0.1) is 0 Å². The third kappa shape index (κ3) is 47.1. The number of hydrogen-bond acceptors (Lipinski definition) is 7. The summed E-state index contributed by atoms with van der Waals surface area (Å²) in [5.74, 6) is -0.344. The van der Waals surface area contributed by atoms with Gasteiger partial charge in [0.2, 0.25) is 0 Å². The minimum Gasteiger partial charge on any atom is -0.756 e. The number of hydrogen-bond donors (Lipinski definition) is 0. The topological polar surface area (TPSA) is 94.1 Å². The van der Waals surface area contributed by atoms with Crippen LogP contribution >= 0.6 is 7.82 Å². The SMILES string of the molecule is CC/C=C\C/C=C\C/C=C\C/C=C\CCCCCCCCCOCC(COP(=O)([O-])OCC[N+](C)(C)C)OC(=O)CCCCCCCCC/C=C\CCCCCCCC. The molecule has 0 aliphatic heterocycles. The fraction of sp³-hybridized carbons (Fsp3) is 0.780. The van der Waals surface area contributed by atoms with Gasteiger partial charge in [-0.25, -0.2) is 0 Å². The highest BCUT2D eigenvalue weighted by atomic mass is 31.2. The van der Waals surface area contributed by atoms with Gasteiger partial charge < -0.3 is 27.9 Å². The smallest absolute Gasteiger partial charge is 0.306 e. The molecular formula is C50H92NO7P. The Morgan fingerprint density at radius 1 is 0.542 bits per heavy atom. The van der Waals surface area contributed by atoms with Crippen LogP contribution in [0.3, 0.4) is 0 Å². The van der Waals surface area contributed by atoms with Crippen molar-refractivity contribution in [2.45, 2.75) is 200 Å². The van der Waals surface area contributed by atoms with Crippen LogP contribution in [0.1, 0.15) is 194 Å². The Balaban J connectivity index is 4.22. The Morgan fingerprint density at radius 2 is 0.983 bits per heavy atom. The van der Waals surface area contributed by atoms with Crippen molar-refractivity contribution < 1.29 is 37.3 Å². The molecule has 0 aromatic heterocycles. The van der Waals surface area contributed by atoms with Crippen LogP contribution in [0.25, 0.3) is 0 Å². The number of ether oxygens (including phenoxy) is 2. The van der Waals surface area contributed by atoms with E-state index in [9.17, 15) is 14.3 Å². The molecule has 59 heavy (non-hydrogen) atoms. The Hall–Kier alpha value is -1.80. The standard InChI is InChI=1S/C50H92NO7P/c1-6-8-10-12-14-16-18-20-22-24-25-26-28-30-32-34-36-38-40-42-45-55-47-49(48-57-59(53,54)56-46-44-51(3,4)5)58-50(52)43-41-39-37-35-33-31-29-27-23-21-19-17-15-13-11-9-7-2/h8,10,14,16,20-23,25-26,49H,6-7,9,11-13,15,17-19,24,27-48H2,1-5H3/b10-8-,16-14-,22-20-,23-21-,26-25-. The van der Waals surface area contributed by atoms with Gasteiger partial charge in [-0.1, -0.05) is 171 Å². The zero-order valence-corrected chi connectivity index (χ0v) is 39.8. The molecule has 0 spiro atoms. The van der Waals surface area contributed by atoms with E-state index in [-0.39, 0.29) is 25.8 Å². The van der Waals surface area contributed by atoms with Crippen LogP contribution in [0.2, 0.25) is 0 Å². The molecule has 0 saturated heterocycles. The summed E-state index contributed by atoms with van der Waals surface area (Å²) in [6.45, 7) is 5.27. The molecule has 0 N–H and O–H groups in total. The van der Waals surface area contributed by atoms with Crippen LogP contribution in [-0.2, 0) is 27.9 Å². The first-order valence-electron chi connectivity index (χ1n) is 24.0. The quantitative estimate of drug-likeness (QED) is 0.0198. The molecule has 0 bridgehead atoms. The zero-order chi connectivity index (χ0) is 43.4. The third-order valence-electron chi connectivity index (χ3n) is 10.1. The summed E-state index contributed by atoms with van der Waals surface area (Å²) in [5, 5.41) is 0. The molecule has 0 aliphatic rings. The lowest BCUT2D eigenvalue weighted by atomic mass is 10.1. The number of rotatable bonds is 44. The van der Waals surface area contributed by atoms with E-state index in [1.807, 2.05) is 21.1 Å². The van der Waals surface area contributed by atoms with Crippen molar-refractivity contribution in [1.29, 1.82) is 0 Å². The summed E-state index contributed by atoms with van der Waals surface area (Å²) in [6.07, 6.45) is 53.8. The highest BCUT2D eigenvalue weighted by molar-refractivity contribution is 7.45. The Kier molecular flexibility index (Phi) is 41.6. The average molecular weight is 850 g/mol. The average Bonchev–Trinajstić information content (AvgIpc) is 3.19. The number of quaternary nitrogens is 1. The Bertz CT molecular complexity index is 1130. The second-order valence-corrected chi connectivity index (χ2v) is 18.5. The molecule has 344 valence electrons. The first kappa shape index (κ1) is 57.2. The van der Waals surface area contributed by atoms with Gasteiger partial charge in [0.25, 0.3) is 7.82 Å². The van der Waals surface area contributed by atoms with E-state index < -0.39 is 13.9 Å². The van der Waals surface area contributed by atoms with E-state index in [0.29, 0.717) is 24.1 Å². The van der Waals surface area contributed by atoms with Crippen molar-refractivity contribution in [3.63, 3.8) is 0 Å². The molecule has 8 nitrogen and oxygen atoms in total. The summed E-state index contributed by atoms with van der Waals surface area (Å²) < 4.78 is 34.7. The number of carbonyl (C=O) groups excluding carboxylic acids is 1. The molecule has 0 amide bonds. The van der Waals surface area contributed by atoms with Crippen molar-refractivity contribution in [3.8, 4) is 0 Å². The van der Waals surface area contributed by atoms with Crippen molar-refractivity contribution in [2.24, 2.45) is 0 Å². The fourth-order valence-corrected chi connectivity index (χ4v) is 7.08. The summed E-state index contributed by atoms with van der Waals surface area (Å²) >= 11 is 0. The molecule has 2 atom stereocenters. The second-order valence-electron chi connectivity index (χ2n) is 17.1. The molecular weight excluding hydrogens is 758 g/mol. The number of esters is 1. The maximum absolute atomic E-state index is 12.7. The molecule has 0 radical (unpaired) electrons. The summed E-state index contributed by atoms with van der Waals surface area (Å²) in [4.78, 5) is 25.1.